The van der Waals surface area contributed by atoms with Gasteiger partial charge in [-0.2, -0.15) is 0 Å². The number of aromatic nitrogens is 5. The van der Waals surface area contributed by atoms with Gasteiger partial charge in [0.25, 0.3) is 10.0 Å². The molecule has 0 spiro atoms. The van der Waals surface area contributed by atoms with Gasteiger partial charge in [0.1, 0.15) is 24.2 Å². The van der Waals surface area contributed by atoms with Crippen LogP contribution in [-0.4, -0.2) is 32.9 Å². The zero-order valence-corrected chi connectivity index (χ0v) is 18.8. The number of hydrogen-bond donors (Lipinski definition) is 2. The summed E-state index contributed by atoms with van der Waals surface area (Å²) in [7, 11) is -3.89. The van der Waals surface area contributed by atoms with Crippen LogP contribution in [0, 0.1) is 13.8 Å². The highest BCUT2D eigenvalue weighted by Gasteiger charge is 2.16. The van der Waals surface area contributed by atoms with Crippen LogP contribution in [0.4, 0.5) is 5.69 Å². The molecule has 0 aliphatic rings. The Kier molecular flexibility index (Phi) is 5.13. The first-order valence-corrected chi connectivity index (χ1v) is 11.5. The molecule has 172 valence electrons. The lowest BCUT2D eigenvalue weighted by Gasteiger charge is -2.10. The van der Waals surface area contributed by atoms with Crippen LogP contribution >= 0.6 is 0 Å². The van der Waals surface area contributed by atoms with Crippen LogP contribution in [0.15, 0.2) is 75.3 Å². The van der Waals surface area contributed by atoms with Crippen LogP contribution < -0.4 is 15.2 Å². The van der Waals surface area contributed by atoms with Gasteiger partial charge in [-0.05, 0) is 56.3 Å². The number of H-pyrrole nitrogens is 1. The maximum atomic E-state index is 12.7. The Morgan fingerprint density at radius 3 is 2.56 bits per heavy atom. The van der Waals surface area contributed by atoms with Crippen molar-refractivity contribution in [2.24, 2.45) is 0 Å². The van der Waals surface area contributed by atoms with Crippen LogP contribution in [0.25, 0.3) is 16.9 Å². The third-order valence-corrected chi connectivity index (χ3v) is 6.53. The number of nitrogens with one attached hydrogen (secondary N) is 2. The number of anilines is 1. The molecule has 0 radical (unpaired) electrons. The average Bonchev–Trinajstić information content (AvgIpc) is 3.35. The van der Waals surface area contributed by atoms with Crippen molar-refractivity contribution in [3.8, 4) is 17.4 Å². The van der Waals surface area contributed by atoms with Gasteiger partial charge in [-0.1, -0.05) is 0 Å². The average molecular weight is 478 g/mol. The first-order valence-electron chi connectivity index (χ1n) is 10.0. The molecule has 11 nitrogen and oxygen atoms in total. The van der Waals surface area contributed by atoms with Crippen LogP contribution in [0.3, 0.4) is 0 Å². The van der Waals surface area contributed by atoms with E-state index in [0.717, 1.165) is 11.4 Å². The third-order valence-electron chi connectivity index (χ3n) is 5.16. The summed E-state index contributed by atoms with van der Waals surface area (Å²) in [4.78, 5) is 26.4. The molecular weight excluding hydrogens is 460 g/mol. The summed E-state index contributed by atoms with van der Waals surface area (Å²) in [6.07, 6.45) is 3.08. The Morgan fingerprint density at radius 1 is 1.03 bits per heavy atom. The van der Waals surface area contributed by atoms with Gasteiger partial charge < -0.3 is 9.15 Å². The molecule has 0 amide bonds. The van der Waals surface area contributed by atoms with Gasteiger partial charge >= 0.3 is 5.76 Å². The number of aryl methyl sites for hydroxylation is 1. The lowest BCUT2D eigenvalue weighted by molar-refractivity contribution is 0.461. The Hall–Kier alpha value is -4.45. The number of rotatable bonds is 6. The molecule has 0 aliphatic heterocycles. The van der Waals surface area contributed by atoms with Gasteiger partial charge in [-0.25, -0.2) is 28.2 Å². The lowest BCUT2D eigenvalue weighted by atomic mass is 10.3. The summed E-state index contributed by atoms with van der Waals surface area (Å²) < 4.78 is 40.5. The van der Waals surface area contributed by atoms with E-state index in [-0.39, 0.29) is 10.5 Å². The third kappa shape index (κ3) is 4.13. The molecule has 5 rings (SSSR count). The molecule has 0 saturated heterocycles. The molecule has 0 unspecified atom stereocenters. The maximum Gasteiger partial charge on any atom is 0.417 e. The standard InChI is InChI=1S/C22H18N6O5S/c1-13-14(2)28(12-25-13)20-10-21(24-11-23-20)32-16-5-3-15(4-6-16)27-34(30,31)17-7-8-19-18(9-17)26-22(29)33-19/h3-12,27H,1-2H3,(H,26,29). The smallest absolute Gasteiger partial charge is 0.417 e. The molecule has 2 aromatic carbocycles. The number of benzene rings is 2. The largest absolute Gasteiger partial charge is 0.439 e. The molecule has 3 aromatic heterocycles. The summed E-state index contributed by atoms with van der Waals surface area (Å²) in [6, 6.07) is 12.1. The van der Waals surface area contributed by atoms with E-state index >= 15 is 0 Å². The molecule has 0 saturated carbocycles. The quantitative estimate of drug-likeness (QED) is 0.378. The molecular formula is C22H18N6O5S. The Morgan fingerprint density at radius 2 is 1.82 bits per heavy atom. The molecule has 12 heteroatoms. The number of fused-ring (bicyclic) bond motifs is 1. The minimum Gasteiger partial charge on any atom is -0.439 e. The summed E-state index contributed by atoms with van der Waals surface area (Å²) in [5, 5.41) is 0. The van der Waals surface area contributed by atoms with E-state index < -0.39 is 15.8 Å². The number of nitrogens with zero attached hydrogens (tertiary/aromatic N) is 4. The van der Waals surface area contributed by atoms with Crippen molar-refractivity contribution >= 4 is 26.8 Å². The Labute approximate surface area is 193 Å². The second-order valence-corrected chi connectivity index (χ2v) is 9.09. The van der Waals surface area contributed by atoms with E-state index in [0.29, 0.717) is 28.7 Å². The maximum absolute atomic E-state index is 12.7. The van der Waals surface area contributed by atoms with E-state index in [1.807, 2.05) is 18.4 Å². The number of aromatic amines is 1. The van der Waals surface area contributed by atoms with E-state index in [1.165, 1.54) is 24.5 Å². The highest BCUT2D eigenvalue weighted by molar-refractivity contribution is 7.92. The van der Waals surface area contributed by atoms with E-state index in [4.69, 9.17) is 9.15 Å². The first-order chi connectivity index (χ1) is 16.3. The van der Waals surface area contributed by atoms with Gasteiger partial charge in [0, 0.05) is 17.4 Å². The summed E-state index contributed by atoms with van der Waals surface area (Å²) in [6.45, 7) is 3.86. The molecule has 0 fully saturated rings. The van der Waals surface area contributed by atoms with Crippen LogP contribution in [-0.2, 0) is 10.0 Å². The fourth-order valence-electron chi connectivity index (χ4n) is 3.27. The van der Waals surface area contributed by atoms with Crippen molar-refractivity contribution in [1.82, 2.24) is 24.5 Å². The van der Waals surface area contributed by atoms with Crippen molar-refractivity contribution in [3.63, 3.8) is 0 Å². The molecule has 34 heavy (non-hydrogen) atoms. The predicted octanol–water partition coefficient (Wildman–Crippen LogP) is 3.31. The van der Waals surface area contributed by atoms with Crippen LogP contribution in [0.2, 0.25) is 0 Å². The van der Waals surface area contributed by atoms with E-state index in [9.17, 15) is 13.2 Å². The highest BCUT2D eigenvalue weighted by atomic mass is 32.2. The number of oxazole rings is 1. The monoisotopic (exact) mass is 478 g/mol. The molecule has 2 N–H and O–H groups in total. The van der Waals surface area contributed by atoms with Crippen molar-refractivity contribution in [2.45, 2.75) is 18.7 Å². The molecule has 5 aromatic rings. The fourth-order valence-corrected chi connectivity index (χ4v) is 4.36. The second-order valence-electron chi connectivity index (χ2n) is 7.40. The van der Waals surface area contributed by atoms with Gasteiger partial charge in [0.05, 0.1) is 16.1 Å². The van der Waals surface area contributed by atoms with Gasteiger partial charge in [0.2, 0.25) is 5.88 Å². The molecule has 0 bridgehead atoms. The second kappa shape index (κ2) is 8.15. The van der Waals surface area contributed by atoms with Crippen molar-refractivity contribution in [1.29, 1.82) is 0 Å². The number of ether oxygens (including phenoxy) is 1. The van der Waals surface area contributed by atoms with Gasteiger partial charge in [0.15, 0.2) is 5.58 Å². The van der Waals surface area contributed by atoms with Crippen molar-refractivity contribution in [3.05, 3.63) is 83.1 Å². The van der Waals surface area contributed by atoms with Gasteiger partial charge in [-0.3, -0.25) is 14.3 Å². The van der Waals surface area contributed by atoms with Crippen molar-refractivity contribution < 1.29 is 17.6 Å². The number of hydrogen-bond acceptors (Lipinski definition) is 8. The Balaban J connectivity index is 1.32. The summed E-state index contributed by atoms with van der Waals surface area (Å²) >= 11 is 0. The summed E-state index contributed by atoms with van der Waals surface area (Å²) in [5.41, 5.74) is 2.76. The van der Waals surface area contributed by atoms with E-state index in [1.54, 1.807) is 36.7 Å². The minimum atomic E-state index is -3.89. The van der Waals surface area contributed by atoms with E-state index in [2.05, 4.69) is 24.7 Å². The zero-order valence-electron chi connectivity index (χ0n) is 18.0. The minimum absolute atomic E-state index is 0.0177. The van der Waals surface area contributed by atoms with Crippen LogP contribution in [0.5, 0.6) is 11.6 Å². The van der Waals surface area contributed by atoms with Gasteiger partial charge in [-0.15, -0.1) is 0 Å². The molecule has 0 aliphatic carbocycles. The predicted molar refractivity (Wildman–Crippen MR) is 123 cm³/mol. The number of sulfonamides is 1. The zero-order chi connectivity index (χ0) is 23.9. The molecule has 3 heterocycles. The fraction of sp³-hybridized carbons (Fsp3) is 0.0909. The SMILES string of the molecule is Cc1ncn(-c2cc(Oc3ccc(NS(=O)(=O)c4ccc5oc(=O)[nH]c5c4)cc3)ncn2)c1C. The normalized spacial score (nSPS) is 11.6. The highest BCUT2D eigenvalue weighted by Crippen LogP contribution is 2.25. The topological polar surface area (TPSA) is 145 Å². The first kappa shape index (κ1) is 21.4. The molecule has 0 atom stereocenters. The summed E-state index contributed by atoms with van der Waals surface area (Å²) in [5.74, 6) is 0.748. The van der Waals surface area contributed by atoms with Crippen LogP contribution in [0.1, 0.15) is 11.4 Å². The Bertz CT molecular complexity index is 1670. The lowest BCUT2D eigenvalue weighted by Crippen LogP contribution is -2.12. The van der Waals surface area contributed by atoms with Crippen molar-refractivity contribution in [2.75, 3.05) is 4.72 Å². The number of imidazole rings is 1.